The molecular formula is C28H29Br2F2N4O5P. The van der Waals surface area contributed by atoms with Crippen molar-refractivity contribution in [2.45, 2.75) is 13.1 Å². The van der Waals surface area contributed by atoms with Crippen molar-refractivity contribution in [1.29, 1.82) is 3.84 Å². The summed E-state index contributed by atoms with van der Waals surface area (Å²) in [5.41, 5.74) is 7.53. The van der Waals surface area contributed by atoms with Crippen molar-refractivity contribution in [2.24, 2.45) is 5.73 Å². The van der Waals surface area contributed by atoms with Crippen molar-refractivity contribution >= 4 is 53.5 Å². The smallest absolute Gasteiger partial charge is 0.339 e. The summed E-state index contributed by atoms with van der Waals surface area (Å²) in [6, 6.07) is 15.1. The second-order valence-electron chi connectivity index (χ2n) is 7.86. The SMILES string of the molecule is COc1cnc(Br)cc1C(=O)NCc1ccc(F)cc1.COc1cnc(Br)cc1C(=O)O.NCc1ccc(F)cc1.[3H]P([3H])[3H]. The quantitative estimate of drug-likeness (QED) is 0.160. The number of hydrogen-bond acceptors (Lipinski definition) is 7. The Morgan fingerprint density at radius 1 is 0.905 bits per heavy atom. The zero-order valence-corrected chi connectivity index (χ0v) is 26.4. The number of aromatic nitrogens is 2. The number of nitrogens with one attached hydrogen (secondary N) is 1. The van der Waals surface area contributed by atoms with Crippen LogP contribution in [0.5, 0.6) is 11.5 Å². The largest absolute Gasteiger partial charge is 0.494 e. The molecule has 0 aliphatic rings. The molecule has 0 saturated carbocycles. The minimum Gasteiger partial charge on any atom is -0.494 e. The van der Waals surface area contributed by atoms with Gasteiger partial charge in [-0.1, -0.05) is 24.3 Å². The van der Waals surface area contributed by atoms with E-state index in [0.29, 0.717) is 33.6 Å². The molecule has 0 spiro atoms. The average Bonchev–Trinajstić information content (AvgIpc) is 3.01. The van der Waals surface area contributed by atoms with Crippen LogP contribution in [0.4, 0.5) is 8.78 Å². The lowest BCUT2D eigenvalue weighted by Crippen LogP contribution is -2.23. The molecule has 0 radical (unpaired) electrons. The molecular weight excluding hydrogens is 701 g/mol. The second-order valence-corrected chi connectivity index (χ2v) is 9.48. The number of carboxylic acids is 1. The summed E-state index contributed by atoms with van der Waals surface area (Å²) in [6.45, 7) is 0.780. The number of nitrogens with zero attached hydrogens (tertiary/aromatic N) is 2. The standard InChI is InChI=1S/C14H12BrFN2O2.C7H6BrNO3.C7H8FN.H3P/c1-20-12-8-17-13(15)6-11(12)14(19)18-7-9-2-4-10(16)5-3-9;1-12-5-3-9-6(8)2-4(5)7(10)11;8-7-3-1-6(5-9)2-4-7;/h2-6,8H,7H2,1H3,(H,18,19);2-3H,1H3,(H,10,11);1-4H,5,9H2;1H3/i;;;1T3. The molecule has 0 atom stereocenters. The number of carbonyl (C=O) groups excluding carboxylic acids is 1. The number of amides is 1. The van der Waals surface area contributed by atoms with Gasteiger partial charge in [-0.05, 0) is 79.4 Å². The van der Waals surface area contributed by atoms with Crippen LogP contribution in [-0.2, 0) is 13.1 Å². The van der Waals surface area contributed by atoms with Crippen LogP contribution in [0.1, 0.15) is 31.8 Å². The van der Waals surface area contributed by atoms with Crippen molar-refractivity contribution in [1.82, 2.24) is 15.3 Å². The third-order valence-electron chi connectivity index (χ3n) is 5.10. The van der Waals surface area contributed by atoms with E-state index in [9.17, 15) is 18.4 Å². The number of ether oxygens (including phenoxy) is 2. The highest BCUT2D eigenvalue weighted by Crippen LogP contribution is 2.21. The van der Waals surface area contributed by atoms with Crippen LogP contribution in [0, 0.1) is 11.6 Å². The van der Waals surface area contributed by atoms with Gasteiger partial charge >= 0.3 is 5.97 Å². The van der Waals surface area contributed by atoms with E-state index in [2.05, 4.69) is 47.1 Å². The zero-order chi connectivity index (χ0) is 33.9. The van der Waals surface area contributed by atoms with E-state index in [1.807, 2.05) is 0 Å². The minimum absolute atomic E-state index is 0.0966. The molecule has 0 saturated heterocycles. The predicted octanol–water partition coefficient (Wildman–Crippen LogP) is 5.82. The molecule has 0 bridgehead atoms. The normalized spacial score (nSPS) is 10.5. The maximum Gasteiger partial charge on any atom is 0.339 e. The van der Waals surface area contributed by atoms with E-state index in [0.717, 1.165) is 11.1 Å². The van der Waals surface area contributed by atoms with Crippen LogP contribution in [-0.4, -0.2) is 45.0 Å². The summed E-state index contributed by atoms with van der Waals surface area (Å²) >= 11 is 6.27. The van der Waals surface area contributed by atoms with Crippen LogP contribution in [0.3, 0.4) is 0 Å². The maximum absolute atomic E-state index is 12.8. The van der Waals surface area contributed by atoms with Gasteiger partial charge in [0.15, 0.2) is 5.75 Å². The molecule has 14 heteroatoms. The predicted molar refractivity (Wildman–Crippen MR) is 167 cm³/mol. The van der Waals surface area contributed by atoms with Gasteiger partial charge in [-0.2, -0.15) is 9.73 Å². The Hall–Kier alpha value is -3.51. The second kappa shape index (κ2) is 18.8. The Labute approximate surface area is 265 Å². The number of carbonyl (C=O) groups is 2. The number of methoxy groups -OCH3 is 2. The summed E-state index contributed by atoms with van der Waals surface area (Å²) in [5, 5.41) is 11.4. The first-order valence-electron chi connectivity index (χ1n) is 13.0. The first-order valence-corrected chi connectivity index (χ1v) is 13.3. The van der Waals surface area contributed by atoms with Gasteiger partial charge in [-0.15, -0.1) is 0 Å². The number of rotatable bonds is 7. The van der Waals surface area contributed by atoms with Crippen molar-refractivity contribution < 1.29 is 33.0 Å². The first kappa shape index (κ1) is 31.4. The van der Waals surface area contributed by atoms with Crippen molar-refractivity contribution in [3.8, 4) is 11.5 Å². The Morgan fingerprint density at radius 3 is 1.76 bits per heavy atom. The molecule has 2 aromatic heterocycles. The molecule has 1 amide bonds. The topological polar surface area (TPSA) is 137 Å². The maximum atomic E-state index is 12.8. The highest BCUT2D eigenvalue weighted by Gasteiger charge is 2.13. The van der Waals surface area contributed by atoms with Crippen LogP contribution < -0.4 is 20.5 Å². The van der Waals surface area contributed by atoms with Gasteiger partial charge in [0.05, 0.1) is 36.0 Å². The van der Waals surface area contributed by atoms with Gasteiger partial charge in [0.1, 0.15) is 32.2 Å². The van der Waals surface area contributed by atoms with E-state index < -0.39 is 15.7 Å². The number of hydrogen-bond donors (Lipinski definition) is 3. The Bertz CT molecular complexity index is 1510. The van der Waals surface area contributed by atoms with E-state index in [1.54, 1.807) is 30.3 Å². The molecule has 2 aromatic carbocycles. The Morgan fingerprint density at radius 2 is 1.33 bits per heavy atom. The molecule has 0 aliphatic heterocycles. The molecule has 2 heterocycles. The van der Waals surface area contributed by atoms with E-state index >= 15 is 0 Å². The summed E-state index contributed by atoms with van der Waals surface area (Å²) < 4.78 is 53.8. The molecule has 0 aliphatic carbocycles. The number of carboxylic acid groups (broad SMARTS) is 1. The van der Waals surface area contributed by atoms with Gasteiger partial charge in [0, 0.05) is 13.1 Å². The third kappa shape index (κ3) is 12.2. The van der Waals surface area contributed by atoms with Crippen LogP contribution >= 0.6 is 41.6 Å². The van der Waals surface area contributed by atoms with Crippen LogP contribution in [0.2, 0.25) is 0 Å². The molecule has 42 heavy (non-hydrogen) atoms. The minimum atomic E-state index is -1.87. The summed E-state index contributed by atoms with van der Waals surface area (Å²) in [6.07, 6.45) is 2.82. The molecule has 4 rings (SSSR count). The molecule has 4 N–H and O–H groups in total. The van der Waals surface area contributed by atoms with Crippen molar-refractivity contribution in [3.05, 3.63) is 116 Å². The lowest BCUT2D eigenvalue weighted by molar-refractivity contribution is 0.0692. The Kier molecular flexibility index (Phi) is 14.1. The third-order valence-corrected chi connectivity index (χ3v) is 5.97. The highest BCUT2D eigenvalue weighted by molar-refractivity contribution is 9.10. The zero-order valence-electron chi connectivity index (χ0n) is 25.4. The van der Waals surface area contributed by atoms with E-state index in [-0.39, 0.29) is 28.9 Å². The highest BCUT2D eigenvalue weighted by atomic mass is 79.9. The fourth-order valence-electron chi connectivity index (χ4n) is 3.00. The van der Waals surface area contributed by atoms with Gasteiger partial charge in [-0.25, -0.2) is 23.5 Å². The van der Waals surface area contributed by atoms with Crippen LogP contribution in [0.25, 0.3) is 0 Å². The molecule has 0 unspecified atom stereocenters. The van der Waals surface area contributed by atoms with E-state index in [1.165, 1.54) is 56.9 Å². The number of aromatic carboxylic acids is 1. The van der Waals surface area contributed by atoms with Crippen LogP contribution in [0.15, 0.2) is 82.3 Å². The van der Waals surface area contributed by atoms with Gasteiger partial charge in [-0.3, -0.25) is 4.79 Å². The summed E-state index contributed by atoms with van der Waals surface area (Å²) in [5.74, 6) is -1.19. The van der Waals surface area contributed by atoms with E-state index in [4.69, 9.17) is 24.1 Å². The number of nitrogens with two attached hydrogens (primary N) is 1. The summed E-state index contributed by atoms with van der Waals surface area (Å²) in [7, 11) is 1.00. The average molecular weight is 736 g/mol. The van der Waals surface area contributed by atoms with Gasteiger partial charge in [0.2, 0.25) is 0 Å². The molecule has 224 valence electrons. The van der Waals surface area contributed by atoms with Gasteiger partial charge in [0.25, 0.3) is 5.91 Å². The number of benzene rings is 2. The Balaban J connectivity index is 0.000000344. The first-order chi connectivity index (χ1) is 21.3. The van der Waals surface area contributed by atoms with Gasteiger partial charge < -0.3 is 25.6 Å². The monoisotopic (exact) mass is 734 g/mol. The fraction of sp³-hybridized carbons (Fsp3) is 0.143. The molecule has 4 aromatic rings. The van der Waals surface area contributed by atoms with Crippen molar-refractivity contribution in [2.75, 3.05) is 14.2 Å². The molecule has 0 fully saturated rings. The lowest BCUT2D eigenvalue weighted by Gasteiger charge is -2.09. The number of halogens is 4. The summed E-state index contributed by atoms with van der Waals surface area (Å²) in [4.78, 5) is 30.5. The lowest BCUT2D eigenvalue weighted by atomic mass is 10.2. The fourth-order valence-corrected chi connectivity index (χ4v) is 3.67. The van der Waals surface area contributed by atoms with Crippen molar-refractivity contribution in [3.63, 3.8) is 0 Å². The number of pyridine rings is 2. The molecule has 9 nitrogen and oxygen atoms in total.